The first-order valence-corrected chi connectivity index (χ1v) is 6.37. The lowest BCUT2D eigenvalue weighted by Crippen LogP contribution is -2.30. The van der Waals surface area contributed by atoms with E-state index in [0.717, 1.165) is 0 Å². The van der Waals surface area contributed by atoms with E-state index in [1.165, 1.54) is 38.4 Å². The van der Waals surface area contributed by atoms with Crippen LogP contribution in [0.25, 0.3) is 21.5 Å². The summed E-state index contributed by atoms with van der Waals surface area (Å²) in [7, 11) is 2.11. The van der Waals surface area contributed by atoms with E-state index in [0.29, 0.717) is 0 Å². The summed E-state index contributed by atoms with van der Waals surface area (Å²) in [6.45, 7) is 6.55. The summed E-state index contributed by atoms with van der Waals surface area (Å²) in [5, 5.41) is 5.39. The molecule has 0 aliphatic carbocycles. The van der Waals surface area contributed by atoms with Gasteiger partial charge in [-0.15, -0.1) is 0 Å². The molecule has 0 saturated carbocycles. The molecule has 0 spiro atoms. The average Bonchev–Trinajstić information content (AvgIpc) is 2.35. The molecule has 0 amide bonds. The summed E-state index contributed by atoms with van der Waals surface area (Å²) in [6.07, 6.45) is 2.25. The number of hydrogen-bond donors (Lipinski definition) is 0. The minimum absolute atomic E-state index is 1.28. The van der Waals surface area contributed by atoms with Crippen molar-refractivity contribution in [3.05, 3.63) is 53.3 Å². The fourth-order valence-electron chi connectivity index (χ4n) is 2.63. The van der Waals surface area contributed by atoms with Gasteiger partial charge in [0, 0.05) is 13.0 Å². The Bertz CT molecular complexity index is 770. The number of pyridine rings is 1. The molecule has 0 fully saturated rings. The standard InChI is InChI=1S/C17H18N/c1-11-5-6-14-7-8-15-9-12(2)18(4)10-16(15)17(14)13(11)3/h5-10H,1-4H3/q+1. The van der Waals surface area contributed by atoms with Crippen molar-refractivity contribution in [2.45, 2.75) is 20.8 Å². The Morgan fingerprint density at radius 2 is 1.56 bits per heavy atom. The summed E-state index contributed by atoms with van der Waals surface area (Å²) < 4.78 is 2.20. The second-order valence-corrected chi connectivity index (χ2v) is 5.20. The Kier molecular flexibility index (Phi) is 2.37. The molecule has 90 valence electrons. The molecule has 3 rings (SSSR count). The molecule has 1 heteroatoms. The van der Waals surface area contributed by atoms with E-state index in [2.05, 4.69) is 68.9 Å². The van der Waals surface area contributed by atoms with E-state index in [-0.39, 0.29) is 0 Å². The number of nitrogens with zero attached hydrogens (tertiary/aromatic N) is 1. The lowest BCUT2D eigenvalue weighted by atomic mass is 9.96. The first-order valence-electron chi connectivity index (χ1n) is 6.37. The Morgan fingerprint density at radius 1 is 0.889 bits per heavy atom. The van der Waals surface area contributed by atoms with Crippen molar-refractivity contribution in [1.82, 2.24) is 0 Å². The third-order valence-electron chi connectivity index (χ3n) is 4.03. The molecule has 1 nitrogen and oxygen atoms in total. The van der Waals surface area contributed by atoms with Gasteiger partial charge < -0.3 is 0 Å². The highest BCUT2D eigenvalue weighted by Gasteiger charge is 2.10. The van der Waals surface area contributed by atoms with Gasteiger partial charge in [-0.05, 0) is 41.1 Å². The lowest BCUT2D eigenvalue weighted by molar-refractivity contribution is -0.676. The second kappa shape index (κ2) is 3.81. The molecule has 0 atom stereocenters. The van der Waals surface area contributed by atoms with E-state index in [4.69, 9.17) is 0 Å². The maximum Gasteiger partial charge on any atom is 0.178 e. The van der Waals surface area contributed by atoms with Crippen LogP contribution in [0.5, 0.6) is 0 Å². The zero-order chi connectivity index (χ0) is 12.9. The molecular weight excluding hydrogens is 218 g/mol. The normalized spacial score (nSPS) is 11.3. The van der Waals surface area contributed by atoms with Gasteiger partial charge in [0.1, 0.15) is 7.05 Å². The van der Waals surface area contributed by atoms with Crippen molar-refractivity contribution in [2.24, 2.45) is 7.05 Å². The molecule has 2 aromatic carbocycles. The molecule has 0 saturated heterocycles. The van der Waals surface area contributed by atoms with Crippen molar-refractivity contribution in [1.29, 1.82) is 0 Å². The van der Waals surface area contributed by atoms with E-state index in [9.17, 15) is 0 Å². The highest BCUT2D eigenvalue weighted by atomic mass is 14.9. The smallest absolute Gasteiger partial charge is 0.178 e. The van der Waals surface area contributed by atoms with Gasteiger partial charge in [-0.3, -0.25) is 0 Å². The van der Waals surface area contributed by atoms with Gasteiger partial charge in [0.2, 0.25) is 0 Å². The van der Waals surface area contributed by atoms with Gasteiger partial charge >= 0.3 is 0 Å². The monoisotopic (exact) mass is 236 g/mol. The summed E-state index contributed by atoms with van der Waals surface area (Å²) >= 11 is 0. The lowest BCUT2D eigenvalue weighted by Gasteiger charge is -2.09. The number of aryl methyl sites for hydroxylation is 4. The minimum Gasteiger partial charge on any atom is -0.205 e. The predicted octanol–water partition coefficient (Wildman–Crippen LogP) is 3.74. The molecule has 0 radical (unpaired) electrons. The summed E-state index contributed by atoms with van der Waals surface area (Å²) in [5.74, 6) is 0. The third-order valence-corrected chi connectivity index (χ3v) is 4.03. The Morgan fingerprint density at radius 3 is 2.33 bits per heavy atom. The molecule has 0 unspecified atom stereocenters. The van der Waals surface area contributed by atoms with E-state index in [1.807, 2.05) is 0 Å². The quantitative estimate of drug-likeness (QED) is 0.413. The Labute approximate surface area is 108 Å². The highest BCUT2D eigenvalue weighted by molar-refractivity contribution is 6.08. The van der Waals surface area contributed by atoms with Crippen LogP contribution >= 0.6 is 0 Å². The van der Waals surface area contributed by atoms with Gasteiger partial charge in [-0.25, -0.2) is 4.57 Å². The van der Waals surface area contributed by atoms with Crippen LogP contribution in [0.3, 0.4) is 0 Å². The third kappa shape index (κ3) is 1.51. The van der Waals surface area contributed by atoms with Gasteiger partial charge in [0.05, 0.1) is 5.39 Å². The van der Waals surface area contributed by atoms with Crippen molar-refractivity contribution in [3.8, 4) is 0 Å². The van der Waals surface area contributed by atoms with Crippen LogP contribution < -0.4 is 4.57 Å². The number of benzene rings is 2. The van der Waals surface area contributed by atoms with Crippen LogP contribution in [0.2, 0.25) is 0 Å². The minimum atomic E-state index is 1.28. The maximum atomic E-state index is 2.26. The molecular formula is C17H18N+. The van der Waals surface area contributed by atoms with Crippen molar-refractivity contribution < 1.29 is 4.57 Å². The first-order chi connectivity index (χ1) is 8.58. The molecule has 0 aliphatic heterocycles. The molecule has 1 aromatic heterocycles. The van der Waals surface area contributed by atoms with Crippen molar-refractivity contribution in [2.75, 3.05) is 0 Å². The topological polar surface area (TPSA) is 3.88 Å². The summed E-state index contributed by atoms with van der Waals surface area (Å²) in [5.41, 5.74) is 4.03. The largest absolute Gasteiger partial charge is 0.205 e. The molecule has 0 N–H and O–H groups in total. The Hall–Kier alpha value is -1.89. The second-order valence-electron chi connectivity index (χ2n) is 5.20. The predicted molar refractivity (Wildman–Crippen MR) is 76.8 cm³/mol. The molecule has 0 aliphatic rings. The van der Waals surface area contributed by atoms with Crippen LogP contribution in [0.4, 0.5) is 0 Å². The number of rotatable bonds is 0. The van der Waals surface area contributed by atoms with Gasteiger partial charge in [0.15, 0.2) is 11.9 Å². The fourth-order valence-corrected chi connectivity index (χ4v) is 2.63. The average molecular weight is 236 g/mol. The van der Waals surface area contributed by atoms with Crippen molar-refractivity contribution in [3.63, 3.8) is 0 Å². The summed E-state index contributed by atoms with van der Waals surface area (Å²) in [4.78, 5) is 0. The van der Waals surface area contributed by atoms with Gasteiger partial charge in [-0.1, -0.05) is 24.3 Å². The van der Waals surface area contributed by atoms with Crippen LogP contribution in [-0.2, 0) is 7.05 Å². The van der Waals surface area contributed by atoms with E-state index >= 15 is 0 Å². The zero-order valence-electron chi connectivity index (χ0n) is 11.4. The fraction of sp³-hybridized carbons (Fsp3) is 0.235. The molecule has 3 aromatic rings. The van der Waals surface area contributed by atoms with Gasteiger partial charge in [0.25, 0.3) is 0 Å². The van der Waals surface area contributed by atoms with Crippen LogP contribution in [0, 0.1) is 20.8 Å². The molecule has 18 heavy (non-hydrogen) atoms. The van der Waals surface area contributed by atoms with Gasteiger partial charge in [-0.2, -0.15) is 0 Å². The summed E-state index contributed by atoms with van der Waals surface area (Å²) in [6, 6.07) is 11.1. The molecule has 1 heterocycles. The highest BCUT2D eigenvalue weighted by Crippen LogP contribution is 2.29. The zero-order valence-corrected chi connectivity index (χ0v) is 11.4. The van der Waals surface area contributed by atoms with Crippen LogP contribution in [-0.4, -0.2) is 0 Å². The van der Waals surface area contributed by atoms with Crippen LogP contribution in [0.15, 0.2) is 36.5 Å². The number of fused-ring (bicyclic) bond motifs is 3. The first kappa shape index (κ1) is 11.2. The molecule has 0 bridgehead atoms. The number of hydrogen-bond acceptors (Lipinski definition) is 0. The SMILES string of the molecule is Cc1ccc2ccc3cc(C)[n+](C)cc3c2c1C. The maximum absolute atomic E-state index is 2.26. The van der Waals surface area contributed by atoms with Crippen LogP contribution in [0.1, 0.15) is 16.8 Å². The van der Waals surface area contributed by atoms with E-state index in [1.54, 1.807) is 0 Å². The Balaban J connectivity index is 2.59. The van der Waals surface area contributed by atoms with Crippen molar-refractivity contribution >= 4 is 21.5 Å². The number of aromatic nitrogens is 1. The van der Waals surface area contributed by atoms with E-state index < -0.39 is 0 Å².